The van der Waals surface area contributed by atoms with Crippen molar-refractivity contribution in [2.75, 3.05) is 0 Å². The van der Waals surface area contributed by atoms with Crippen LogP contribution in [0.4, 0.5) is 4.79 Å². The highest BCUT2D eigenvalue weighted by molar-refractivity contribution is 5.81. The third-order valence-electron chi connectivity index (χ3n) is 3.81. The molecule has 8 heteroatoms. The summed E-state index contributed by atoms with van der Waals surface area (Å²) in [6.07, 6.45) is 0.250. The zero-order valence-electron chi connectivity index (χ0n) is 15.8. The Morgan fingerprint density at radius 2 is 1.67 bits per heavy atom. The van der Waals surface area contributed by atoms with Crippen LogP contribution in [0.1, 0.15) is 45.6 Å². The minimum Gasteiger partial charge on any atom is -0.508 e. The minimum atomic E-state index is -1.35. The Morgan fingerprint density at radius 1 is 1.07 bits per heavy atom. The van der Waals surface area contributed by atoms with Crippen molar-refractivity contribution in [2.24, 2.45) is 5.92 Å². The summed E-state index contributed by atoms with van der Waals surface area (Å²) < 4.78 is 5.03. The molecule has 0 aliphatic heterocycles. The number of carboxylic acid groups (broad SMARTS) is 2. The lowest BCUT2D eigenvalue weighted by Crippen LogP contribution is -2.45. The number of aryl methyl sites for hydroxylation is 1. The molecule has 1 aromatic rings. The molecule has 4 N–H and O–H groups in total. The molecule has 0 bridgehead atoms. The van der Waals surface area contributed by atoms with Crippen LogP contribution in [-0.4, -0.2) is 45.0 Å². The average Bonchev–Trinajstić information content (AvgIpc) is 2.52. The van der Waals surface area contributed by atoms with Crippen LogP contribution in [0.15, 0.2) is 24.3 Å². The molecule has 1 amide bonds. The molecule has 0 aromatic heterocycles. The van der Waals surface area contributed by atoms with Crippen LogP contribution in [0.2, 0.25) is 0 Å². The van der Waals surface area contributed by atoms with E-state index in [-0.39, 0.29) is 18.6 Å². The summed E-state index contributed by atoms with van der Waals surface area (Å²) in [6, 6.07) is 5.24. The lowest BCUT2D eigenvalue weighted by molar-refractivity contribution is -0.144. The number of hydrogen-bond donors (Lipinski definition) is 4. The fraction of sp³-hybridized carbons (Fsp3) is 0.526. The molecule has 0 unspecified atom stereocenters. The third kappa shape index (κ3) is 8.94. The van der Waals surface area contributed by atoms with Crippen molar-refractivity contribution < 1.29 is 34.4 Å². The highest BCUT2D eigenvalue weighted by Crippen LogP contribution is 2.18. The van der Waals surface area contributed by atoms with Crippen molar-refractivity contribution in [1.29, 1.82) is 0 Å². The number of carbonyl (C=O) groups is 3. The summed E-state index contributed by atoms with van der Waals surface area (Å²) in [5.41, 5.74) is 0.155. The molecular weight excluding hydrogens is 354 g/mol. The molecule has 0 heterocycles. The maximum Gasteiger partial charge on any atom is 0.408 e. The van der Waals surface area contributed by atoms with Crippen LogP contribution >= 0.6 is 0 Å². The van der Waals surface area contributed by atoms with Gasteiger partial charge in [-0.25, -0.2) is 9.59 Å². The minimum absolute atomic E-state index is 0.152. The summed E-state index contributed by atoms with van der Waals surface area (Å²) in [4.78, 5) is 34.7. The number of carbonyl (C=O) groups excluding carboxylic acids is 1. The van der Waals surface area contributed by atoms with Crippen molar-refractivity contribution in [3.8, 4) is 5.75 Å². The van der Waals surface area contributed by atoms with Gasteiger partial charge in [0.15, 0.2) is 0 Å². The lowest BCUT2D eigenvalue weighted by atomic mass is 9.93. The Bertz CT molecular complexity index is 649. The number of phenolic OH excluding ortho intramolecular Hbond substituents is 1. The quantitative estimate of drug-likeness (QED) is 0.517. The van der Waals surface area contributed by atoms with E-state index in [4.69, 9.17) is 4.74 Å². The second-order valence-corrected chi connectivity index (χ2v) is 7.37. The number of amides is 1. The summed E-state index contributed by atoms with van der Waals surface area (Å²) in [5.74, 6) is -3.19. The number of hydrogen-bond acceptors (Lipinski definition) is 5. The van der Waals surface area contributed by atoms with Crippen molar-refractivity contribution >= 4 is 18.0 Å². The Labute approximate surface area is 158 Å². The van der Waals surface area contributed by atoms with Crippen LogP contribution in [0.25, 0.3) is 0 Å². The molecule has 0 aliphatic carbocycles. The number of nitrogens with one attached hydrogen (secondary N) is 1. The van der Waals surface area contributed by atoms with Gasteiger partial charge in [0.2, 0.25) is 0 Å². The predicted octanol–water partition coefficient (Wildman–Crippen LogP) is 2.78. The standard InChI is InChI=1S/C19H27NO7/c1-19(2,3)27-18(26)20-15(17(24)25)11-13(16(22)23)6-4-5-12-7-9-14(21)10-8-12/h7-10,13,15,21H,4-6,11H2,1-3H3,(H,20,26)(H,22,23)(H,24,25)/t13-,15-/m0/s1. The largest absolute Gasteiger partial charge is 0.508 e. The normalized spacial score (nSPS) is 13.4. The zero-order chi connectivity index (χ0) is 20.6. The molecule has 0 spiro atoms. The molecule has 0 saturated heterocycles. The Balaban J connectivity index is 2.62. The van der Waals surface area contributed by atoms with Crippen molar-refractivity contribution in [3.63, 3.8) is 0 Å². The number of rotatable bonds is 9. The predicted molar refractivity (Wildman–Crippen MR) is 97.6 cm³/mol. The van der Waals surface area contributed by atoms with Gasteiger partial charge in [0, 0.05) is 0 Å². The average molecular weight is 381 g/mol. The summed E-state index contributed by atoms with van der Waals surface area (Å²) in [6.45, 7) is 4.93. The zero-order valence-corrected chi connectivity index (χ0v) is 15.8. The van der Waals surface area contributed by atoms with E-state index in [9.17, 15) is 29.7 Å². The van der Waals surface area contributed by atoms with Gasteiger partial charge < -0.3 is 25.4 Å². The van der Waals surface area contributed by atoms with Crippen LogP contribution in [0.5, 0.6) is 5.75 Å². The molecule has 27 heavy (non-hydrogen) atoms. The van der Waals surface area contributed by atoms with Gasteiger partial charge in [0.1, 0.15) is 17.4 Å². The van der Waals surface area contributed by atoms with E-state index in [0.717, 1.165) is 5.56 Å². The molecule has 2 atom stereocenters. The van der Waals surface area contributed by atoms with E-state index >= 15 is 0 Å². The van der Waals surface area contributed by atoms with Gasteiger partial charge in [-0.2, -0.15) is 0 Å². The molecule has 0 saturated carbocycles. The van der Waals surface area contributed by atoms with Gasteiger partial charge in [0.25, 0.3) is 0 Å². The number of carboxylic acids is 2. The van der Waals surface area contributed by atoms with Crippen LogP contribution < -0.4 is 5.32 Å². The SMILES string of the molecule is CC(C)(C)OC(=O)N[C@@H](C[C@H](CCCc1ccc(O)cc1)C(=O)O)C(=O)O. The number of aromatic hydroxyl groups is 1. The molecule has 0 aliphatic rings. The monoisotopic (exact) mass is 381 g/mol. The first kappa shape index (κ1) is 22.3. The number of aliphatic carboxylic acids is 2. The molecule has 150 valence electrons. The first-order chi connectivity index (χ1) is 12.5. The molecule has 0 fully saturated rings. The Kier molecular flexibility index (Phi) is 8.08. The number of benzene rings is 1. The van der Waals surface area contributed by atoms with Gasteiger partial charge in [-0.3, -0.25) is 4.79 Å². The fourth-order valence-corrected chi connectivity index (χ4v) is 2.51. The van der Waals surface area contributed by atoms with Crippen LogP contribution in [-0.2, 0) is 20.7 Å². The molecule has 8 nitrogen and oxygen atoms in total. The van der Waals surface area contributed by atoms with Crippen LogP contribution in [0, 0.1) is 5.92 Å². The number of ether oxygens (including phenoxy) is 1. The number of phenols is 1. The van der Waals surface area contributed by atoms with E-state index in [1.165, 1.54) is 0 Å². The summed E-state index contributed by atoms with van der Waals surface area (Å²) >= 11 is 0. The van der Waals surface area contributed by atoms with Crippen molar-refractivity contribution in [1.82, 2.24) is 5.32 Å². The highest BCUT2D eigenvalue weighted by atomic mass is 16.6. The van der Waals surface area contributed by atoms with Gasteiger partial charge >= 0.3 is 18.0 Å². The lowest BCUT2D eigenvalue weighted by Gasteiger charge is -2.23. The summed E-state index contributed by atoms with van der Waals surface area (Å²) in [5, 5.41) is 30.2. The number of alkyl carbamates (subject to hydrolysis) is 1. The van der Waals surface area contributed by atoms with E-state index in [1.807, 2.05) is 0 Å². The molecule has 1 rings (SSSR count). The van der Waals surface area contributed by atoms with Gasteiger partial charge in [-0.1, -0.05) is 12.1 Å². The van der Waals surface area contributed by atoms with Gasteiger partial charge in [0.05, 0.1) is 5.92 Å². The van der Waals surface area contributed by atoms with Gasteiger partial charge in [-0.05, 0) is 64.2 Å². The first-order valence-corrected chi connectivity index (χ1v) is 8.71. The second kappa shape index (κ2) is 9.80. The third-order valence-corrected chi connectivity index (χ3v) is 3.81. The first-order valence-electron chi connectivity index (χ1n) is 8.71. The maximum absolute atomic E-state index is 11.8. The molecular formula is C19H27NO7. The second-order valence-electron chi connectivity index (χ2n) is 7.37. The van der Waals surface area contributed by atoms with Crippen LogP contribution in [0.3, 0.4) is 0 Å². The van der Waals surface area contributed by atoms with Crippen molar-refractivity contribution in [3.05, 3.63) is 29.8 Å². The molecule has 1 aromatic carbocycles. The van der Waals surface area contributed by atoms with Gasteiger partial charge in [-0.15, -0.1) is 0 Å². The van der Waals surface area contributed by atoms with E-state index in [0.29, 0.717) is 12.8 Å². The topological polar surface area (TPSA) is 133 Å². The smallest absolute Gasteiger partial charge is 0.408 e. The molecule has 0 radical (unpaired) electrons. The van der Waals surface area contributed by atoms with E-state index in [1.54, 1.807) is 45.0 Å². The Hall–Kier alpha value is -2.77. The fourth-order valence-electron chi connectivity index (χ4n) is 2.51. The highest BCUT2D eigenvalue weighted by Gasteiger charge is 2.29. The maximum atomic E-state index is 11.8. The summed E-state index contributed by atoms with van der Waals surface area (Å²) in [7, 11) is 0. The Morgan fingerprint density at radius 3 is 2.15 bits per heavy atom. The van der Waals surface area contributed by atoms with E-state index in [2.05, 4.69) is 5.32 Å². The van der Waals surface area contributed by atoms with E-state index < -0.39 is 35.6 Å². The van der Waals surface area contributed by atoms with Crippen molar-refractivity contribution in [2.45, 2.75) is 58.1 Å².